The summed E-state index contributed by atoms with van der Waals surface area (Å²) in [4.78, 5) is 20.9. The lowest BCUT2D eigenvalue weighted by Gasteiger charge is -2.04. The average molecular weight is 278 g/mol. The lowest BCUT2D eigenvalue weighted by Crippen LogP contribution is -2.07. The Balaban J connectivity index is 3.53. The molecule has 17 heavy (non-hydrogen) atoms. The first kappa shape index (κ1) is 13.6. The van der Waals surface area contributed by atoms with Crippen LogP contribution in [0.15, 0.2) is 23.1 Å². The molecule has 9 heteroatoms. The Morgan fingerprint density at radius 3 is 1.76 bits per heavy atom. The van der Waals surface area contributed by atoms with Gasteiger partial charge in [-0.05, 0) is 18.2 Å². The molecule has 0 saturated heterocycles. The van der Waals surface area contributed by atoms with Crippen molar-refractivity contribution >= 4 is 31.5 Å². The van der Waals surface area contributed by atoms with Gasteiger partial charge in [0.25, 0.3) is 10.1 Å². The van der Waals surface area contributed by atoms with Gasteiger partial charge in [-0.2, -0.15) is 8.42 Å². The summed E-state index contributed by atoms with van der Waals surface area (Å²) in [6.45, 7) is 0. The molecule has 0 aliphatic rings. The van der Waals surface area contributed by atoms with Crippen LogP contribution in [-0.4, -0.2) is 30.6 Å². The Morgan fingerprint density at radius 2 is 1.47 bits per heavy atom. The van der Waals surface area contributed by atoms with Crippen LogP contribution in [0.25, 0.3) is 0 Å². The van der Waals surface area contributed by atoms with Gasteiger partial charge in [0.1, 0.15) is 0 Å². The molecular weight excluding hydrogens is 271 g/mol. The summed E-state index contributed by atoms with van der Waals surface area (Å²) in [5.74, 6) is -2.87. The van der Waals surface area contributed by atoms with Gasteiger partial charge in [-0.3, -0.25) is 3.97 Å². The van der Waals surface area contributed by atoms with Crippen LogP contribution in [0.1, 0.15) is 20.7 Å². The van der Waals surface area contributed by atoms with Crippen molar-refractivity contribution in [3.63, 3.8) is 0 Å². The van der Waals surface area contributed by atoms with Gasteiger partial charge >= 0.3 is 11.9 Å². The Morgan fingerprint density at radius 1 is 1.06 bits per heavy atom. The number of hydrogen-bond donors (Lipinski definition) is 2. The number of rotatable bonds is 4. The van der Waals surface area contributed by atoms with Gasteiger partial charge in [-0.25, -0.2) is 9.59 Å². The first-order chi connectivity index (χ1) is 7.77. The standard InChI is InChI=1S/C8H7O7PS/c9-7(10)4-1-5(8(11)12)3-6(2-4)17(13,14)15-16/h1-3H,16H2,(H,9,10)(H,11,12). The summed E-state index contributed by atoms with van der Waals surface area (Å²) in [5, 5.41) is 17.4. The fraction of sp³-hybridized carbons (Fsp3) is 0. The van der Waals surface area contributed by atoms with Crippen molar-refractivity contribution in [1.82, 2.24) is 0 Å². The predicted octanol–water partition coefficient (Wildman–Crippen LogP) is 0.578. The molecule has 1 aromatic carbocycles. The van der Waals surface area contributed by atoms with E-state index in [4.69, 9.17) is 10.2 Å². The fourth-order valence-electron chi connectivity index (χ4n) is 1.05. The maximum Gasteiger partial charge on any atom is 0.335 e. The summed E-state index contributed by atoms with van der Waals surface area (Å²) < 4.78 is 26.7. The highest BCUT2D eigenvalue weighted by atomic mass is 32.2. The van der Waals surface area contributed by atoms with Crippen LogP contribution in [0.2, 0.25) is 0 Å². The molecule has 0 bridgehead atoms. The van der Waals surface area contributed by atoms with Crippen LogP contribution in [0.4, 0.5) is 0 Å². The van der Waals surface area contributed by atoms with Gasteiger partial charge in [0.05, 0.1) is 16.0 Å². The molecule has 0 amide bonds. The topological polar surface area (TPSA) is 118 Å². The minimum Gasteiger partial charge on any atom is -0.478 e. The second-order valence-electron chi connectivity index (χ2n) is 2.91. The quantitative estimate of drug-likeness (QED) is 0.773. The Hall–Kier alpha value is -1.50. The summed E-state index contributed by atoms with van der Waals surface area (Å²) in [7, 11) is -2.68. The van der Waals surface area contributed by atoms with E-state index in [1.165, 1.54) is 9.47 Å². The average Bonchev–Trinajstić information content (AvgIpc) is 2.28. The minimum atomic E-state index is -4.17. The summed E-state index contributed by atoms with van der Waals surface area (Å²) >= 11 is 0. The number of hydrogen-bond acceptors (Lipinski definition) is 5. The SMILES string of the molecule is O=C(O)c1cc(C(=O)O)cc(S(=O)(=O)OP)c1. The first-order valence-electron chi connectivity index (χ1n) is 4.03. The van der Waals surface area contributed by atoms with Crippen molar-refractivity contribution < 1.29 is 32.2 Å². The third-order valence-corrected chi connectivity index (χ3v) is 3.64. The van der Waals surface area contributed by atoms with E-state index in [1.807, 2.05) is 0 Å². The molecule has 0 saturated carbocycles. The molecular formula is C8H7O7PS. The van der Waals surface area contributed by atoms with E-state index in [1.54, 1.807) is 0 Å². The maximum absolute atomic E-state index is 11.3. The van der Waals surface area contributed by atoms with Crippen LogP contribution >= 0.6 is 9.47 Å². The largest absolute Gasteiger partial charge is 0.478 e. The monoisotopic (exact) mass is 278 g/mol. The van der Waals surface area contributed by atoms with Crippen LogP contribution in [0.3, 0.4) is 0 Å². The molecule has 0 heterocycles. The summed E-state index contributed by atoms with van der Waals surface area (Å²) in [6.07, 6.45) is 0. The normalized spacial score (nSPS) is 11.1. The second-order valence-corrected chi connectivity index (χ2v) is 5.06. The van der Waals surface area contributed by atoms with Crippen molar-refractivity contribution in [2.45, 2.75) is 4.90 Å². The molecule has 0 aliphatic heterocycles. The zero-order valence-corrected chi connectivity index (χ0v) is 10.1. The van der Waals surface area contributed by atoms with Gasteiger partial charge in [-0.1, -0.05) is 0 Å². The minimum absolute atomic E-state index is 0.453. The molecule has 0 spiro atoms. The molecule has 7 nitrogen and oxygen atoms in total. The highest BCUT2D eigenvalue weighted by Gasteiger charge is 2.19. The highest BCUT2D eigenvalue weighted by Crippen LogP contribution is 2.19. The maximum atomic E-state index is 11.3. The summed E-state index contributed by atoms with van der Waals surface area (Å²) in [6, 6.07) is 2.48. The second kappa shape index (κ2) is 4.79. The fourth-order valence-corrected chi connectivity index (χ4v) is 2.03. The van der Waals surface area contributed by atoms with E-state index >= 15 is 0 Å². The zero-order valence-electron chi connectivity index (χ0n) is 8.15. The molecule has 1 aromatic rings. The van der Waals surface area contributed by atoms with E-state index in [9.17, 15) is 18.0 Å². The Kier molecular flexibility index (Phi) is 3.82. The summed E-state index contributed by atoms with van der Waals surface area (Å²) in [5.41, 5.74) is -0.906. The molecule has 1 rings (SSSR count). The van der Waals surface area contributed by atoms with E-state index in [0.717, 1.165) is 18.2 Å². The highest BCUT2D eigenvalue weighted by molar-refractivity contribution is 7.88. The lowest BCUT2D eigenvalue weighted by molar-refractivity contribution is 0.0696. The van der Waals surface area contributed by atoms with Crippen LogP contribution in [0.5, 0.6) is 0 Å². The first-order valence-corrected chi connectivity index (χ1v) is 5.91. The van der Waals surface area contributed by atoms with E-state index in [0.29, 0.717) is 0 Å². The molecule has 1 atom stereocenters. The van der Waals surface area contributed by atoms with Crippen LogP contribution < -0.4 is 0 Å². The van der Waals surface area contributed by atoms with Crippen molar-refractivity contribution in [1.29, 1.82) is 0 Å². The van der Waals surface area contributed by atoms with Gasteiger partial charge < -0.3 is 10.2 Å². The number of carboxylic acid groups (broad SMARTS) is 2. The van der Waals surface area contributed by atoms with Gasteiger partial charge in [-0.15, -0.1) is 0 Å². The zero-order chi connectivity index (χ0) is 13.2. The van der Waals surface area contributed by atoms with E-state index < -0.39 is 38.1 Å². The van der Waals surface area contributed by atoms with E-state index in [2.05, 4.69) is 3.97 Å². The van der Waals surface area contributed by atoms with Crippen LogP contribution in [-0.2, 0) is 14.1 Å². The number of carboxylic acids is 2. The van der Waals surface area contributed by atoms with Crippen molar-refractivity contribution in [2.75, 3.05) is 0 Å². The molecule has 2 N–H and O–H groups in total. The Bertz CT molecular complexity index is 545. The van der Waals surface area contributed by atoms with E-state index in [-0.39, 0.29) is 0 Å². The van der Waals surface area contributed by atoms with Gasteiger partial charge in [0.2, 0.25) is 0 Å². The van der Waals surface area contributed by atoms with Gasteiger partial charge in [0, 0.05) is 9.47 Å². The van der Waals surface area contributed by atoms with Crippen LogP contribution in [0, 0.1) is 0 Å². The lowest BCUT2D eigenvalue weighted by atomic mass is 10.1. The molecule has 0 fully saturated rings. The third kappa shape index (κ3) is 3.00. The smallest absolute Gasteiger partial charge is 0.335 e. The molecule has 0 radical (unpaired) electrons. The molecule has 92 valence electrons. The number of aromatic carboxylic acids is 2. The van der Waals surface area contributed by atoms with Crippen molar-refractivity contribution in [3.05, 3.63) is 29.3 Å². The molecule has 0 aliphatic carbocycles. The Labute approximate surface area is 98.4 Å². The van der Waals surface area contributed by atoms with Gasteiger partial charge in [0.15, 0.2) is 0 Å². The predicted molar refractivity (Wildman–Crippen MR) is 58.3 cm³/mol. The molecule has 1 unspecified atom stereocenters. The third-order valence-electron chi connectivity index (χ3n) is 1.82. The molecule has 0 aromatic heterocycles. The number of benzene rings is 1. The van der Waals surface area contributed by atoms with Crippen molar-refractivity contribution in [2.24, 2.45) is 0 Å². The van der Waals surface area contributed by atoms with Crippen molar-refractivity contribution in [3.8, 4) is 0 Å². The number of carbonyl (C=O) groups is 2.